The molecule has 0 saturated heterocycles. The molecule has 0 aliphatic rings. The number of hydrogen-bond donors (Lipinski definition) is 2. The SMILES string of the molecule is CC(C)(C)NCc1nnc(NCCc2ccc(Cl)s2)o1. The van der Waals surface area contributed by atoms with Crippen molar-refractivity contribution in [3.63, 3.8) is 0 Å². The molecule has 0 aromatic carbocycles. The first-order chi connectivity index (χ1) is 9.42. The first-order valence-electron chi connectivity index (χ1n) is 6.48. The third kappa shape index (κ3) is 5.11. The average Bonchev–Trinajstić information content (AvgIpc) is 2.95. The molecule has 7 heteroatoms. The predicted molar refractivity (Wildman–Crippen MR) is 82.4 cm³/mol. The van der Waals surface area contributed by atoms with Gasteiger partial charge in [-0.1, -0.05) is 16.7 Å². The zero-order chi connectivity index (χ0) is 14.6. The van der Waals surface area contributed by atoms with Crippen LogP contribution in [0.4, 0.5) is 6.01 Å². The number of hydrogen-bond acceptors (Lipinski definition) is 6. The van der Waals surface area contributed by atoms with Crippen LogP contribution in [-0.4, -0.2) is 22.3 Å². The highest BCUT2D eigenvalue weighted by Gasteiger charge is 2.12. The summed E-state index contributed by atoms with van der Waals surface area (Å²) in [6.07, 6.45) is 0.884. The summed E-state index contributed by atoms with van der Waals surface area (Å²) in [6.45, 7) is 7.59. The Morgan fingerprint density at radius 3 is 2.75 bits per heavy atom. The third-order valence-electron chi connectivity index (χ3n) is 2.51. The molecule has 0 fully saturated rings. The Hall–Kier alpha value is -1.11. The number of nitrogens with zero attached hydrogens (tertiary/aromatic N) is 2. The Morgan fingerprint density at radius 2 is 2.10 bits per heavy atom. The summed E-state index contributed by atoms with van der Waals surface area (Å²) in [7, 11) is 0. The van der Waals surface area contributed by atoms with Gasteiger partial charge in [0.25, 0.3) is 0 Å². The standard InChI is InChI=1S/C13H19ClN4OS/c1-13(2,3)16-8-11-17-18-12(19-11)15-7-6-9-4-5-10(14)20-9/h4-5,16H,6-8H2,1-3H3,(H,15,18). The van der Waals surface area contributed by atoms with Gasteiger partial charge in [-0.25, -0.2) is 0 Å². The minimum absolute atomic E-state index is 0.0283. The number of nitrogens with one attached hydrogen (secondary N) is 2. The maximum absolute atomic E-state index is 5.88. The van der Waals surface area contributed by atoms with Gasteiger partial charge in [-0.05, 0) is 39.3 Å². The highest BCUT2D eigenvalue weighted by atomic mass is 35.5. The summed E-state index contributed by atoms with van der Waals surface area (Å²) in [5, 5.41) is 14.4. The predicted octanol–water partition coefficient (Wildman–Crippen LogP) is 3.33. The normalized spacial score (nSPS) is 11.8. The van der Waals surface area contributed by atoms with Crippen LogP contribution in [-0.2, 0) is 13.0 Å². The van der Waals surface area contributed by atoms with Crippen LogP contribution in [0.1, 0.15) is 31.5 Å². The largest absolute Gasteiger partial charge is 0.407 e. The van der Waals surface area contributed by atoms with Crippen LogP contribution in [0.2, 0.25) is 4.34 Å². The molecule has 2 N–H and O–H groups in total. The van der Waals surface area contributed by atoms with E-state index in [4.69, 9.17) is 16.0 Å². The Bertz CT molecular complexity index is 547. The van der Waals surface area contributed by atoms with Crippen LogP contribution >= 0.6 is 22.9 Å². The molecule has 0 spiro atoms. The molecule has 0 radical (unpaired) electrons. The van der Waals surface area contributed by atoms with Crippen molar-refractivity contribution in [2.75, 3.05) is 11.9 Å². The second kappa shape index (κ2) is 6.56. The van der Waals surface area contributed by atoms with E-state index in [1.165, 1.54) is 4.88 Å². The van der Waals surface area contributed by atoms with Gasteiger partial charge in [0.15, 0.2) is 0 Å². The van der Waals surface area contributed by atoms with E-state index in [-0.39, 0.29) is 5.54 Å². The van der Waals surface area contributed by atoms with Gasteiger partial charge >= 0.3 is 6.01 Å². The lowest BCUT2D eigenvalue weighted by Gasteiger charge is -2.18. The lowest BCUT2D eigenvalue weighted by molar-refractivity contribution is 0.384. The zero-order valence-electron chi connectivity index (χ0n) is 11.9. The van der Waals surface area contributed by atoms with Crippen LogP contribution in [0.3, 0.4) is 0 Å². The third-order valence-corrected chi connectivity index (χ3v) is 3.80. The van der Waals surface area contributed by atoms with E-state index >= 15 is 0 Å². The first-order valence-corrected chi connectivity index (χ1v) is 7.67. The summed E-state index contributed by atoms with van der Waals surface area (Å²) in [5.74, 6) is 0.585. The molecule has 110 valence electrons. The lowest BCUT2D eigenvalue weighted by Crippen LogP contribution is -2.35. The molecular weight excluding hydrogens is 296 g/mol. The number of halogens is 1. The molecule has 2 aromatic rings. The highest BCUT2D eigenvalue weighted by Crippen LogP contribution is 2.21. The highest BCUT2D eigenvalue weighted by molar-refractivity contribution is 7.16. The molecule has 0 aliphatic heterocycles. The van der Waals surface area contributed by atoms with Crippen LogP contribution < -0.4 is 10.6 Å². The van der Waals surface area contributed by atoms with Gasteiger partial charge in [0, 0.05) is 17.0 Å². The van der Waals surface area contributed by atoms with Crippen LogP contribution in [0.5, 0.6) is 0 Å². The number of rotatable bonds is 6. The molecule has 2 heterocycles. The van der Waals surface area contributed by atoms with Gasteiger partial charge < -0.3 is 15.1 Å². The summed E-state index contributed by atoms with van der Waals surface area (Å²) < 4.78 is 6.32. The number of anilines is 1. The fourth-order valence-electron chi connectivity index (χ4n) is 1.52. The van der Waals surface area contributed by atoms with Gasteiger partial charge in [0.05, 0.1) is 10.9 Å². The molecule has 0 amide bonds. The van der Waals surface area contributed by atoms with Crippen molar-refractivity contribution in [2.45, 2.75) is 39.3 Å². The molecule has 0 aliphatic carbocycles. The average molecular weight is 315 g/mol. The van der Waals surface area contributed by atoms with E-state index in [1.807, 2.05) is 12.1 Å². The van der Waals surface area contributed by atoms with Crippen molar-refractivity contribution in [2.24, 2.45) is 0 Å². The van der Waals surface area contributed by atoms with E-state index in [2.05, 4.69) is 41.6 Å². The lowest BCUT2D eigenvalue weighted by atomic mass is 10.1. The maximum atomic E-state index is 5.88. The number of thiophene rings is 1. The van der Waals surface area contributed by atoms with Crippen LogP contribution in [0, 0.1) is 0 Å². The van der Waals surface area contributed by atoms with Crippen molar-refractivity contribution in [1.29, 1.82) is 0 Å². The molecule has 2 aromatic heterocycles. The Morgan fingerprint density at radius 1 is 1.30 bits per heavy atom. The minimum Gasteiger partial charge on any atom is -0.407 e. The smallest absolute Gasteiger partial charge is 0.315 e. The van der Waals surface area contributed by atoms with Crippen LogP contribution in [0.15, 0.2) is 16.5 Å². The fourth-order valence-corrected chi connectivity index (χ4v) is 2.60. The Kier molecular flexibility index (Phi) is 5.01. The Balaban J connectivity index is 1.75. The molecular formula is C13H19ClN4OS. The number of aromatic nitrogens is 2. The van der Waals surface area contributed by atoms with E-state index in [9.17, 15) is 0 Å². The van der Waals surface area contributed by atoms with Gasteiger partial charge in [-0.2, -0.15) is 0 Å². The summed E-state index contributed by atoms with van der Waals surface area (Å²) in [5.41, 5.74) is 0.0283. The minimum atomic E-state index is 0.0283. The summed E-state index contributed by atoms with van der Waals surface area (Å²) in [6, 6.07) is 4.39. The molecule has 2 rings (SSSR count). The molecule has 0 bridgehead atoms. The van der Waals surface area contributed by atoms with E-state index in [1.54, 1.807) is 11.3 Å². The quantitative estimate of drug-likeness (QED) is 0.856. The second-order valence-electron chi connectivity index (χ2n) is 5.49. The second-order valence-corrected chi connectivity index (χ2v) is 7.29. The fraction of sp³-hybridized carbons (Fsp3) is 0.538. The molecule has 0 saturated carbocycles. The summed E-state index contributed by atoms with van der Waals surface area (Å²) in [4.78, 5) is 1.23. The topological polar surface area (TPSA) is 63.0 Å². The van der Waals surface area contributed by atoms with Gasteiger partial charge in [0.2, 0.25) is 5.89 Å². The van der Waals surface area contributed by atoms with Crippen molar-refractivity contribution < 1.29 is 4.42 Å². The van der Waals surface area contributed by atoms with Gasteiger partial charge in [0.1, 0.15) is 0 Å². The molecule has 5 nitrogen and oxygen atoms in total. The zero-order valence-corrected chi connectivity index (χ0v) is 13.4. The van der Waals surface area contributed by atoms with Crippen molar-refractivity contribution in [3.8, 4) is 0 Å². The molecule has 0 atom stereocenters. The molecule has 0 unspecified atom stereocenters. The van der Waals surface area contributed by atoms with E-state index in [0.29, 0.717) is 18.5 Å². The van der Waals surface area contributed by atoms with Gasteiger partial charge in [-0.3, -0.25) is 0 Å². The van der Waals surface area contributed by atoms with Crippen LogP contribution in [0.25, 0.3) is 0 Å². The van der Waals surface area contributed by atoms with Crippen molar-refractivity contribution >= 4 is 29.0 Å². The van der Waals surface area contributed by atoms with Crippen molar-refractivity contribution in [3.05, 3.63) is 27.2 Å². The first kappa shape index (κ1) is 15.3. The molecule has 20 heavy (non-hydrogen) atoms. The van der Waals surface area contributed by atoms with E-state index < -0.39 is 0 Å². The maximum Gasteiger partial charge on any atom is 0.315 e. The van der Waals surface area contributed by atoms with Gasteiger partial charge in [-0.15, -0.1) is 16.4 Å². The Labute approximate surface area is 127 Å². The summed E-state index contributed by atoms with van der Waals surface area (Å²) >= 11 is 7.47. The monoisotopic (exact) mass is 314 g/mol. The van der Waals surface area contributed by atoms with Crippen molar-refractivity contribution in [1.82, 2.24) is 15.5 Å². The van der Waals surface area contributed by atoms with E-state index in [0.717, 1.165) is 17.3 Å².